The molecule has 9 aromatic carbocycles. The monoisotopic (exact) mass is 1130 g/mol. The molecule has 0 spiro atoms. The number of benzene rings is 9. The minimum Gasteiger partial charge on any atom is -0.399 e. The molecule has 9 rings (SSSR count). The summed E-state index contributed by atoms with van der Waals surface area (Å²) in [5, 5.41) is 3.00. The number of anilines is 15. The van der Waals surface area contributed by atoms with E-state index in [1.807, 2.05) is 176 Å². The molecule has 15 heteroatoms. The summed E-state index contributed by atoms with van der Waals surface area (Å²) in [6.45, 7) is 18.2. The molecular weight excluding hydrogens is 1030 g/mol. The first-order valence-electron chi connectivity index (χ1n) is 25.2. The van der Waals surface area contributed by atoms with E-state index in [-0.39, 0.29) is 29.7 Å². The highest BCUT2D eigenvalue weighted by Crippen LogP contribution is 2.19. The second-order valence-electron chi connectivity index (χ2n) is 18.6. The third-order valence-electron chi connectivity index (χ3n) is 11.4. The van der Waals surface area contributed by atoms with E-state index in [1.54, 1.807) is 42.5 Å². The van der Waals surface area contributed by atoms with Gasteiger partial charge in [0.1, 0.15) is 0 Å². The fraction of sp³-hybridized carbons (Fsp3) is 0.206. The number of hydrogen-bond acceptors (Lipinski definition) is 15. The molecule has 0 bridgehead atoms. The quantitative estimate of drug-likeness (QED) is 0.0679. The molecule has 0 aliphatic heterocycles. The molecule has 0 heterocycles. The van der Waals surface area contributed by atoms with E-state index in [4.69, 9.17) is 80.3 Å². The minimum absolute atomic E-state index is 0. The van der Waals surface area contributed by atoms with Crippen LogP contribution in [0.4, 0.5) is 85.3 Å². The lowest BCUT2D eigenvalue weighted by molar-refractivity contribution is 1.30. The smallest absolute Gasteiger partial charge is 0.0577 e. The Morgan fingerprint density at radius 1 is 0.229 bits per heavy atom. The van der Waals surface area contributed by atoms with Crippen molar-refractivity contribution < 1.29 is 0 Å². The van der Waals surface area contributed by atoms with Gasteiger partial charge in [-0.05, 0) is 210 Å². The van der Waals surface area contributed by atoms with Gasteiger partial charge in [-0.1, -0.05) is 114 Å². The van der Waals surface area contributed by atoms with Gasteiger partial charge < -0.3 is 85.6 Å². The molecule has 0 atom stereocenters. The first-order chi connectivity index (χ1) is 37.1. The predicted molar refractivity (Wildman–Crippen MR) is 379 cm³/mol. The van der Waals surface area contributed by atoms with Crippen LogP contribution in [0.25, 0.3) is 0 Å². The number of aryl methyl sites for hydroxylation is 9. The normalized spacial score (nSPS) is 8.89. The molecule has 0 saturated heterocycles. The summed E-state index contributed by atoms with van der Waals surface area (Å²) >= 11 is 0. The van der Waals surface area contributed by atoms with Crippen LogP contribution in [0.3, 0.4) is 0 Å². The topological polar surface area (TPSA) is 376 Å². The van der Waals surface area contributed by atoms with Crippen molar-refractivity contribution in [1.82, 2.24) is 0 Å². The van der Waals surface area contributed by atoms with Gasteiger partial charge >= 0.3 is 0 Å². The number of nitrogen functional groups attached to an aromatic ring is 14. The second-order valence-corrected chi connectivity index (χ2v) is 18.6. The third kappa shape index (κ3) is 33.9. The van der Waals surface area contributed by atoms with E-state index in [0.29, 0.717) is 45.5 Å². The SMILES string of the molecule is C.C.C.C.CNc1ccc(N)cc1.Cc1cc(C)c(N)cc1C.Cc1ccc(N)c(C)c1.Cc1ccc(N)c(N)c1.Cc1ccc(N)cc1.Cc1ccc(N)cc1N.Cc1cccc(N)c1N.Nc1cccc(N)c1.Nc1ccccc1N. The Morgan fingerprint density at radius 2 is 0.614 bits per heavy atom. The standard InChI is InChI=1S/C9H13N.C8H11N.4C7H10N2.C7H9N.2C6H8N2.4CH4/c1-6-4-8(3)9(10)5-7(6)2;1-6-3-4-8(9)7(2)5-6;1-9-7-4-2-6(8)3-5-7;1-5-2-3-6(8)4-7(5)9;1-5-2-3-6(8)7(9)4-5;1-5-3-2-4-6(8)7(5)9;1-6-2-4-7(8)5-3-6;7-5-2-1-3-6(8)4-5;7-5-3-1-2-4-6(5)8;;;;/h4-5H,10H2,1-3H3;3-5H,9H2,1-2H3;2-5,9H,8H2,1H3;3*2-4H,8-9H2,1H3;2-5H,8H2,1H3;2*1-4H,7-8H2;4*1H4. The summed E-state index contributed by atoms with van der Waals surface area (Å²) < 4.78 is 0. The van der Waals surface area contributed by atoms with Gasteiger partial charge in [-0.3, -0.25) is 0 Å². The molecule has 0 aliphatic rings. The van der Waals surface area contributed by atoms with E-state index >= 15 is 0 Å². The van der Waals surface area contributed by atoms with Gasteiger partial charge in [-0.2, -0.15) is 0 Å². The molecule has 452 valence electrons. The van der Waals surface area contributed by atoms with Crippen LogP contribution >= 0.6 is 0 Å². The Bertz CT molecular complexity index is 2950. The van der Waals surface area contributed by atoms with Crippen molar-refractivity contribution >= 4 is 85.3 Å². The van der Waals surface area contributed by atoms with Crippen LogP contribution in [0.15, 0.2) is 182 Å². The maximum Gasteiger partial charge on any atom is 0.0577 e. The number of nitrogens with two attached hydrogens (primary N) is 14. The Hall–Kier alpha value is -10.0. The maximum absolute atomic E-state index is 5.69. The van der Waals surface area contributed by atoms with Crippen molar-refractivity contribution in [3.63, 3.8) is 0 Å². The van der Waals surface area contributed by atoms with Crippen molar-refractivity contribution in [2.75, 3.05) is 92.6 Å². The molecule has 0 aromatic heterocycles. The molecule has 9 aromatic rings. The van der Waals surface area contributed by atoms with Crippen LogP contribution in [-0.4, -0.2) is 7.05 Å². The lowest BCUT2D eigenvalue weighted by Gasteiger charge is -2.03. The third-order valence-corrected chi connectivity index (χ3v) is 11.4. The van der Waals surface area contributed by atoms with Crippen LogP contribution in [0.5, 0.6) is 0 Å². The Labute approximate surface area is 499 Å². The second kappa shape index (κ2) is 41.9. The molecule has 0 saturated carbocycles. The van der Waals surface area contributed by atoms with E-state index < -0.39 is 0 Å². The number of rotatable bonds is 1. The van der Waals surface area contributed by atoms with Crippen LogP contribution in [0, 0.1) is 62.3 Å². The van der Waals surface area contributed by atoms with Gasteiger partial charge in [-0.15, -0.1) is 0 Å². The lowest BCUT2D eigenvalue weighted by Crippen LogP contribution is -1.95. The molecule has 0 amide bonds. The van der Waals surface area contributed by atoms with Gasteiger partial charge in [-0.25, -0.2) is 0 Å². The van der Waals surface area contributed by atoms with E-state index in [9.17, 15) is 0 Å². The molecule has 0 aliphatic carbocycles. The highest BCUT2D eigenvalue weighted by atomic mass is 14.8. The zero-order valence-corrected chi connectivity index (χ0v) is 47.9. The average Bonchev–Trinajstić information content (AvgIpc) is 3.42. The molecule has 29 N–H and O–H groups in total. The molecule has 0 fully saturated rings. The Kier molecular flexibility index (Phi) is 40.2. The summed E-state index contributed by atoms with van der Waals surface area (Å²) in [7, 11) is 1.88. The van der Waals surface area contributed by atoms with Crippen molar-refractivity contribution in [1.29, 1.82) is 0 Å². The van der Waals surface area contributed by atoms with Gasteiger partial charge in [0.2, 0.25) is 0 Å². The average molecular weight is 1130 g/mol. The Balaban J connectivity index is -0.000000421. The maximum atomic E-state index is 5.69. The molecule has 83 heavy (non-hydrogen) atoms. The lowest BCUT2D eigenvalue weighted by atomic mass is 10.1. The molecule has 0 unspecified atom stereocenters. The fourth-order valence-electron chi connectivity index (χ4n) is 6.15. The van der Waals surface area contributed by atoms with Gasteiger partial charge in [0.05, 0.1) is 34.1 Å². The molecule has 15 nitrogen and oxygen atoms in total. The van der Waals surface area contributed by atoms with Crippen LogP contribution in [0.1, 0.15) is 79.8 Å². The largest absolute Gasteiger partial charge is 0.399 e. The highest BCUT2D eigenvalue weighted by molar-refractivity contribution is 5.67. The Morgan fingerprint density at radius 3 is 0.976 bits per heavy atom. The summed E-state index contributed by atoms with van der Waals surface area (Å²) in [6.07, 6.45) is 0. The fourth-order valence-corrected chi connectivity index (χ4v) is 6.15. The highest BCUT2D eigenvalue weighted by Gasteiger charge is 1.97. The minimum atomic E-state index is 0. The molecular formula is C68H105N15. The first kappa shape index (κ1) is 79.5. The first-order valence-corrected chi connectivity index (χ1v) is 25.2. The summed E-state index contributed by atoms with van der Waals surface area (Å²) in [5.74, 6) is 0. The van der Waals surface area contributed by atoms with Crippen molar-refractivity contribution in [3.8, 4) is 0 Å². The van der Waals surface area contributed by atoms with Crippen molar-refractivity contribution in [2.24, 2.45) is 0 Å². The summed E-state index contributed by atoms with van der Waals surface area (Å²) in [5.41, 5.74) is 98.7. The van der Waals surface area contributed by atoms with Crippen LogP contribution in [-0.2, 0) is 0 Å². The van der Waals surface area contributed by atoms with Gasteiger partial charge in [0.15, 0.2) is 0 Å². The van der Waals surface area contributed by atoms with Crippen molar-refractivity contribution in [3.05, 3.63) is 232 Å². The van der Waals surface area contributed by atoms with Crippen LogP contribution < -0.4 is 85.6 Å². The van der Waals surface area contributed by atoms with Crippen molar-refractivity contribution in [2.45, 2.75) is 92.0 Å². The zero-order valence-electron chi connectivity index (χ0n) is 47.9. The summed E-state index contributed by atoms with van der Waals surface area (Å²) in [4.78, 5) is 0. The summed E-state index contributed by atoms with van der Waals surface area (Å²) in [6, 6.07) is 56.7. The zero-order chi connectivity index (χ0) is 59.8. The van der Waals surface area contributed by atoms with Crippen LogP contribution in [0.2, 0.25) is 0 Å². The van der Waals surface area contributed by atoms with E-state index in [0.717, 1.165) is 62.1 Å². The number of para-hydroxylation sites is 3. The van der Waals surface area contributed by atoms with E-state index in [2.05, 4.69) is 38.2 Å². The van der Waals surface area contributed by atoms with Gasteiger partial charge in [0.25, 0.3) is 0 Å². The number of hydrogen-bond donors (Lipinski definition) is 15. The number of nitrogens with one attached hydrogen (secondary N) is 1. The predicted octanol–water partition coefficient (Wildman–Crippen LogP) is 14.7. The molecule has 0 radical (unpaired) electrons. The van der Waals surface area contributed by atoms with E-state index in [1.165, 1.54) is 27.8 Å². The van der Waals surface area contributed by atoms with Gasteiger partial charge in [0, 0.05) is 58.2 Å².